The summed E-state index contributed by atoms with van der Waals surface area (Å²) in [5.41, 5.74) is 2.77. The van der Waals surface area contributed by atoms with Gasteiger partial charge < -0.3 is 19.1 Å². The van der Waals surface area contributed by atoms with E-state index in [9.17, 15) is 14.9 Å². The van der Waals surface area contributed by atoms with E-state index in [4.69, 9.17) is 14.2 Å². The summed E-state index contributed by atoms with van der Waals surface area (Å²) in [6.07, 6.45) is -0.269. The van der Waals surface area contributed by atoms with Gasteiger partial charge in [-0.15, -0.1) is 0 Å². The van der Waals surface area contributed by atoms with Gasteiger partial charge >= 0.3 is 5.97 Å². The van der Waals surface area contributed by atoms with E-state index in [-0.39, 0.29) is 25.0 Å². The Morgan fingerprint density at radius 2 is 1.88 bits per heavy atom. The minimum absolute atomic E-state index is 0.0537. The van der Waals surface area contributed by atoms with Crippen molar-refractivity contribution in [3.63, 3.8) is 0 Å². The molecule has 1 amide bonds. The smallest absolute Gasteiger partial charge is 0.336 e. The Bertz CT molecular complexity index is 1130. The van der Waals surface area contributed by atoms with E-state index < -0.39 is 11.9 Å². The number of esters is 1. The first-order valence-corrected chi connectivity index (χ1v) is 10.7. The molecule has 1 atom stereocenters. The van der Waals surface area contributed by atoms with E-state index >= 15 is 0 Å². The van der Waals surface area contributed by atoms with Gasteiger partial charge in [-0.1, -0.05) is 30.3 Å². The fraction of sp³-hybridized carbons (Fsp3) is 0.346. The van der Waals surface area contributed by atoms with Crippen molar-refractivity contribution in [2.24, 2.45) is 0 Å². The molecule has 0 fully saturated rings. The number of para-hydroxylation sites is 1. The minimum Gasteiger partial charge on any atom is -0.493 e. The monoisotopic (exact) mass is 448 g/mol. The van der Waals surface area contributed by atoms with E-state index in [1.54, 1.807) is 49.9 Å². The zero-order valence-corrected chi connectivity index (χ0v) is 19.5. The van der Waals surface area contributed by atoms with E-state index in [1.165, 1.54) is 14.2 Å². The van der Waals surface area contributed by atoms with Gasteiger partial charge in [0.2, 0.25) is 5.91 Å². The Morgan fingerprint density at radius 1 is 1.15 bits per heavy atom. The van der Waals surface area contributed by atoms with Crippen LogP contribution < -0.4 is 9.47 Å². The second-order valence-electron chi connectivity index (χ2n) is 8.04. The van der Waals surface area contributed by atoms with Gasteiger partial charge in [0.15, 0.2) is 11.5 Å². The van der Waals surface area contributed by atoms with Crippen LogP contribution in [0.1, 0.15) is 49.8 Å². The molecule has 0 saturated carbocycles. The quantitative estimate of drug-likeness (QED) is 0.586. The van der Waals surface area contributed by atoms with Gasteiger partial charge in [0.05, 0.1) is 44.1 Å². The lowest BCUT2D eigenvalue weighted by Gasteiger charge is -2.35. The largest absolute Gasteiger partial charge is 0.493 e. The van der Waals surface area contributed by atoms with Gasteiger partial charge in [0.25, 0.3) is 0 Å². The summed E-state index contributed by atoms with van der Waals surface area (Å²) in [6.45, 7) is 5.49. The molecule has 0 bridgehead atoms. The molecular weight excluding hydrogens is 420 g/mol. The molecule has 0 saturated heterocycles. The number of methoxy groups -OCH3 is 2. The first-order chi connectivity index (χ1) is 15.8. The molecule has 0 aromatic heterocycles. The molecule has 2 aromatic carbocycles. The maximum Gasteiger partial charge on any atom is 0.336 e. The minimum atomic E-state index is -0.559. The number of allylic oxidation sites excluding steroid dienone is 1. The predicted octanol–water partition coefficient (Wildman–Crippen LogP) is 4.32. The lowest BCUT2D eigenvalue weighted by Crippen LogP contribution is -2.38. The molecule has 7 heteroatoms. The number of carbonyl (C=O) groups excluding carboxylic acids is 2. The van der Waals surface area contributed by atoms with Gasteiger partial charge in [0, 0.05) is 23.6 Å². The number of amides is 1. The topological polar surface area (TPSA) is 88.9 Å². The summed E-state index contributed by atoms with van der Waals surface area (Å²) in [6, 6.07) is 14.7. The molecule has 0 aliphatic carbocycles. The maximum atomic E-state index is 13.3. The molecule has 2 aromatic rings. The van der Waals surface area contributed by atoms with Crippen LogP contribution in [0.4, 0.5) is 0 Å². The fourth-order valence-corrected chi connectivity index (χ4v) is 4.14. The van der Waals surface area contributed by atoms with E-state index in [0.29, 0.717) is 39.5 Å². The van der Waals surface area contributed by atoms with Crippen molar-refractivity contribution in [1.82, 2.24) is 4.90 Å². The number of carbonyl (C=O) groups is 2. The van der Waals surface area contributed by atoms with Crippen molar-refractivity contribution in [2.45, 2.75) is 45.8 Å². The summed E-state index contributed by atoms with van der Waals surface area (Å²) in [5, 5.41) is 9.45. The summed E-state index contributed by atoms with van der Waals surface area (Å²) in [5.74, 6) is -0.207. The van der Waals surface area contributed by atoms with E-state index in [1.807, 2.05) is 18.2 Å². The van der Waals surface area contributed by atoms with Crippen LogP contribution in [0.15, 0.2) is 53.7 Å². The molecule has 7 nitrogen and oxygen atoms in total. The molecule has 1 aliphatic rings. The highest BCUT2D eigenvalue weighted by atomic mass is 16.5. The molecule has 0 N–H and O–H groups in total. The Kier molecular flexibility index (Phi) is 7.39. The molecule has 1 aliphatic heterocycles. The molecule has 1 unspecified atom stereocenters. The highest BCUT2D eigenvalue weighted by molar-refractivity contribution is 5.96. The van der Waals surface area contributed by atoms with Crippen LogP contribution >= 0.6 is 0 Å². The van der Waals surface area contributed by atoms with Gasteiger partial charge in [0.1, 0.15) is 0 Å². The number of hydrogen-bond acceptors (Lipinski definition) is 6. The summed E-state index contributed by atoms with van der Waals surface area (Å²) in [7, 11) is 3.07. The van der Waals surface area contributed by atoms with Crippen LogP contribution in [0.5, 0.6) is 11.5 Å². The second kappa shape index (κ2) is 10.2. The van der Waals surface area contributed by atoms with Crippen molar-refractivity contribution in [1.29, 1.82) is 5.26 Å². The van der Waals surface area contributed by atoms with Crippen LogP contribution in [-0.2, 0) is 20.9 Å². The third kappa shape index (κ3) is 4.85. The van der Waals surface area contributed by atoms with Gasteiger partial charge in [-0.3, -0.25) is 4.79 Å². The van der Waals surface area contributed by atoms with Crippen LogP contribution in [0.3, 0.4) is 0 Å². The van der Waals surface area contributed by atoms with Crippen LogP contribution in [0, 0.1) is 11.3 Å². The van der Waals surface area contributed by atoms with Crippen LogP contribution in [-0.4, -0.2) is 37.1 Å². The lowest BCUT2D eigenvalue weighted by atomic mass is 9.82. The summed E-state index contributed by atoms with van der Waals surface area (Å²) in [4.78, 5) is 28.1. The number of rotatable bonds is 7. The van der Waals surface area contributed by atoms with E-state index in [0.717, 1.165) is 0 Å². The average Bonchev–Trinajstić information content (AvgIpc) is 2.80. The maximum absolute atomic E-state index is 13.3. The highest BCUT2D eigenvalue weighted by Crippen LogP contribution is 2.44. The number of hydrogen-bond donors (Lipinski definition) is 0. The first-order valence-electron chi connectivity index (χ1n) is 10.7. The molecule has 3 rings (SSSR count). The molecule has 1 heterocycles. The standard InChI is InChI=1S/C26H28N2O5/c1-16(2)33-26(30)24-17(3)28(15-19-10-7-6-9-18(19)14-27)23(29)13-21(24)20-11-8-12-22(31-4)25(20)32-5/h6-12,16,21H,13,15H2,1-5H3. The van der Waals surface area contributed by atoms with Crippen molar-refractivity contribution >= 4 is 11.9 Å². The molecular formula is C26H28N2O5. The molecule has 172 valence electrons. The van der Waals surface area contributed by atoms with Crippen LogP contribution in [0.25, 0.3) is 0 Å². The first kappa shape index (κ1) is 23.9. The Labute approximate surface area is 194 Å². The lowest BCUT2D eigenvalue weighted by molar-refractivity contribution is -0.143. The number of ether oxygens (including phenoxy) is 3. The summed E-state index contributed by atoms with van der Waals surface area (Å²) < 4.78 is 16.6. The molecule has 33 heavy (non-hydrogen) atoms. The zero-order valence-electron chi connectivity index (χ0n) is 19.5. The Morgan fingerprint density at radius 3 is 2.52 bits per heavy atom. The SMILES string of the molecule is COc1cccc(C2CC(=O)N(Cc3ccccc3C#N)C(C)=C2C(=O)OC(C)C)c1OC. The van der Waals surface area contributed by atoms with Crippen molar-refractivity contribution < 1.29 is 23.8 Å². The molecule has 0 radical (unpaired) electrons. The number of nitrogens with zero attached hydrogens (tertiary/aromatic N) is 2. The highest BCUT2D eigenvalue weighted by Gasteiger charge is 2.39. The zero-order chi connectivity index (χ0) is 24.1. The van der Waals surface area contributed by atoms with E-state index in [2.05, 4.69) is 6.07 Å². The normalized spacial score (nSPS) is 16.0. The van der Waals surface area contributed by atoms with Crippen LogP contribution in [0.2, 0.25) is 0 Å². The summed E-state index contributed by atoms with van der Waals surface area (Å²) >= 11 is 0. The number of nitriles is 1. The fourth-order valence-electron chi connectivity index (χ4n) is 4.14. The van der Waals surface area contributed by atoms with Crippen molar-refractivity contribution in [3.8, 4) is 17.6 Å². The average molecular weight is 449 g/mol. The van der Waals surface area contributed by atoms with Crippen molar-refractivity contribution in [3.05, 3.63) is 70.4 Å². The Balaban J connectivity index is 2.14. The second-order valence-corrected chi connectivity index (χ2v) is 8.04. The third-order valence-electron chi connectivity index (χ3n) is 5.66. The van der Waals surface area contributed by atoms with Crippen molar-refractivity contribution in [2.75, 3.05) is 14.2 Å². The predicted molar refractivity (Wildman–Crippen MR) is 123 cm³/mol. The van der Waals surface area contributed by atoms with Gasteiger partial charge in [-0.05, 0) is 38.5 Å². The molecule has 0 spiro atoms. The third-order valence-corrected chi connectivity index (χ3v) is 5.66. The number of benzene rings is 2. The Hall–Kier alpha value is -3.79. The van der Waals surface area contributed by atoms with Gasteiger partial charge in [-0.2, -0.15) is 5.26 Å². The van der Waals surface area contributed by atoms with Gasteiger partial charge in [-0.25, -0.2) is 4.79 Å².